The van der Waals surface area contributed by atoms with E-state index in [1.807, 2.05) is 28.8 Å². The first kappa shape index (κ1) is 9.49. The number of nitrogens with zero attached hydrogens (tertiary/aromatic N) is 1. The average Bonchev–Trinajstić information content (AvgIpc) is 2.56. The van der Waals surface area contributed by atoms with Crippen molar-refractivity contribution >= 4 is 23.8 Å². The lowest BCUT2D eigenvalue weighted by molar-refractivity contribution is 0.779. The first-order chi connectivity index (χ1) is 6.77. The van der Waals surface area contributed by atoms with E-state index in [0.29, 0.717) is 11.3 Å². The molecular formula is C10H8ClN2S. The van der Waals surface area contributed by atoms with Gasteiger partial charge in [-0.1, -0.05) is 29.8 Å². The minimum absolute atomic E-state index is 0.655. The van der Waals surface area contributed by atoms with Crippen molar-refractivity contribution in [1.82, 2.24) is 9.55 Å². The fourth-order valence-corrected chi connectivity index (χ4v) is 1.59. The van der Waals surface area contributed by atoms with Crippen molar-refractivity contribution in [2.45, 2.75) is 6.54 Å². The van der Waals surface area contributed by atoms with Crippen LogP contribution in [0.2, 0.25) is 5.02 Å². The summed E-state index contributed by atoms with van der Waals surface area (Å²) in [6.45, 7) is 0.655. The molecule has 4 heteroatoms. The van der Waals surface area contributed by atoms with Crippen LogP contribution in [0.4, 0.5) is 0 Å². The van der Waals surface area contributed by atoms with Gasteiger partial charge in [-0.05, 0) is 23.8 Å². The van der Waals surface area contributed by atoms with E-state index in [2.05, 4.69) is 11.2 Å². The van der Waals surface area contributed by atoms with Gasteiger partial charge in [0.15, 0.2) is 4.77 Å². The van der Waals surface area contributed by atoms with Crippen LogP contribution < -0.4 is 0 Å². The highest BCUT2D eigenvalue weighted by molar-refractivity contribution is 7.71. The fraction of sp³-hybridized carbons (Fsp3) is 0.100. The number of aromatic amines is 1. The van der Waals surface area contributed by atoms with Crippen LogP contribution in [0, 0.1) is 11.0 Å². The van der Waals surface area contributed by atoms with Crippen LogP contribution in [-0.4, -0.2) is 9.55 Å². The lowest BCUT2D eigenvalue weighted by Crippen LogP contribution is -1.98. The average molecular weight is 224 g/mol. The summed E-state index contributed by atoms with van der Waals surface area (Å²) in [5.41, 5.74) is 1.04. The lowest BCUT2D eigenvalue weighted by atomic mass is 10.2. The summed E-state index contributed by atoms with van der Waals surface area (Å²) in [5.74, 6) is 0. The molecule has 1 heterocycles. The zero-order valence-electron chi connectivity index (χ0n) is 7.33. The lowest BCUT2D eigenvalue weighted by Gasteiger charge is -2.03. The molecule has 0 aliphatic rings. The van der Waals surface area contributed by atoms with E-state index in [9.17, 15) is 0 Å². The van der Waals surface area contributed by atoms with Crippen molar-refractivity contribution in [1.29, 1.82) is 0 Å². The van der Waals surface area contributed by atoms with Gasteiger partial charge >= 0.3 is 0 Å². The first-order valence-electron chi connectivity index (χ1n) is 4.16. The molecule has 2 aromatic rings. The van der Waals surface area contributed by atoms with Gasteiger partial charge in [-0.2, -0.15) is 0 Å². The normalized spacial score (nSPS) is 10.4. The molecule has 0 aliphatic carbocycles. The summed E-state index contributed by atoms with van der Waals surface area (Å²) < 4.78 is 2.47. The summed E-state index contributed by atoms with van der Waals surface area (Å²) in [4.78, 5) is 2.89. The van der Waals surface area contributed by atoms with Crippen LogP contribution in [0.15, 0.2) is 30.5 Å². The maximum absolute atomic E-state index is 6.02. The quantitative estimate of drug-likeness (QED) is 0.777. The van der Waals surface area contributed by atoms with Gasteiger partial charge in [0, 0.05) is 11.2 Å². The van der Waals surface area contributed by atoms with Gasteiger partial charge in [-0.15, -0.1) is 0 Å². The highest BCUT2D eigenvalue weighted by Crippen LogP contribution is 2.15. The van der Waals surface area contributed by atoms with Crippen LogP contribution in [0.1, 0.15) is 5.56 Å². The summed E-state index contributed by atoms with van der Waals surface area (Å²) in [7, 11) is 0. The molecule has 71 valence electrons. The summed E-state index contributed by atoms with van der Waals surface area (Å²) in [6.07, 6.45) is 4.67. The second-order valence-electron chi connectivity index (χ2n) is 2.90. The number of rotatable bonds is 2. The van der Waals surface area contributed by atoms with E-state index in [-0.39, 0.29) is 0 Å². The second kappa shape index (κ2) is 3.98. The molecule has 0 aliphatic heterocycles. The van der Waals surface area contributed by atoms with Crippen molar-refractivity contribution in [2.75, 3.05) is 0 Å². The van der Waals surface area contributed by atoms with Gasteiger partial charge < -0.3 is 9.55 Å². The third-order valence-corrected chi connectivity index (χ3v) is 2.65. The van der Waals surface area contributed by atoms with E-state index in [4.69, 9.17) is 23.8 Å². The van der Waals surface area contributed by atoms with Gasteiger partial charge in [0.25, 0.3) is 0 Å². The molecule has 14 heavy (non-hydrogen) atoms. The number of hydrogen-bond acceptors (Lipinski definition) is 1. The SMILES string of the molecule is S=c1[nH]c[c]n1Cc1ccccc1Cl. The van der Waals surface area contributed by atoms with E-state index in [1.54, 1.807) is 6.20 Å². The Balaban J connectivity index is 2.32. The summed E-state index contributed by atoms with van der Waals surface area (Å²) >= 11 is 11.1. The summed E-state index contributed by atoms with van der Waals surface area (Å²) in [6, 6.07) is 7.71. The molecule has 2 nitrogen and oxygen atoms in total. The van der Waals surface area contributed by atoms with Gasteiger partial charge in [0.1, 0.15) is 0 Å². The molecule has 1 N–H and O–H groups in total. The number of H-pyrrole nitrogens is 1. The van der Waals surface area contributed by atoms with Crippen LogP contribution in [0.3, 0.4) is 0 Å². The number of halogens is 1. The minimum atomic E-state index is 0.655. The third-order valence-electron chi connectivity index (χ3n) is 1.95. The van der Waals surface area contributed by atoms with Gasteiger partial charge in [-0.25, -0.2) is 0 Å². The zero-order valence-corrected chi connectivity index (χ0v) is 8.90. The van der Waals surface area contributed by atoms with E-state index >= 15 is 0 Å². The molecule has 0 bridgehead atoms. The Kier molecular flexibility index (Phi) is 2.70. The Labute approximate surface area is 92.2 Å². The molecule has 1 aromatic heterocycles. The smallest absolute Gasteiger partial charge is 0.177 e. The Hall–Kier alpha value is -1.06. The van der Waals surface area contributed by atoms with E-state index in [0.717, 1.165) is 10.6 Å². The molecule has 0 unspecified atom stereocenters. The Morgan fingerprint density at radius 1 is 1.43 bits per heavy atom. The van der Waals surface area contributed by atoms with Crippen molar-refractivity contribution in [3.63, 3.8) is 0 Å². The minimum Gasteiger partial charge on any atom is -0.337 e. The number of imidazole rings is 1. The predicted octanol–water partition coefficient (Wildman–Crippen LogP) is 3.05. The van der Waals surface area contributed by atoms with Gasteiger partial charge in [-0.3, -0.25) is 0 Å². The number of benzene rings is 1. The number of hydrogen-bond donors (Lipinski definition) is 1. The van der Waals surface area contributed by atoms with Crippen LogP contribution in [0.5, 0.6) is 0 Å². The van der Waals surface area contributed by atoms with E-state index < -0.39 is 0 Å². The predicted molar refractivity (Wildman–Crippen MR) is 59.0 cm³/mol. The molecule has 0 saturated carbocycles. The molecular weight excluding hydrogens is 216 g/mol. The zero-order chi connectivity index (χ0) is 9.97. The molecule has 1 aromatic carbocycles. The Morgan fingerprint density at radius 2 is 2.21 bits per heavy atom. The molecule has 1 radical (unpaired) electrons. The number of aromatic nitrogens is 2. The molecule has 0 saturated heterocycles. The number of nitrogens with one attached hydrogen (secondary N) is 1. The Morgan fingerprint density at radius 3 is 2.86 bits per heavy atom. The van der Waals surface area contributed by atoms with Crippen LogP contribution in [0.25, 0.3) is 0 Å². The van der Waals surface area contributed by atoms with Gasteiger partial charge in [0.05, 0.1) is 12.7 Å². The molecule has 0 fully saturated rings. The maximum atomic E-state index is 6.02. The largest absolute Gasteiger partial charge is 0.337 e. The molecule has 0 atom stereocenters. The molecule has 0 spiro atoms. The highest BCUT2D eigenvalue weighted by Gasteiger charge is 2.00. The monoisotopic (exact) mass is 223 g/mol. The van der Waals surface area contributed by atoms with Crippen molar-refractivity contribution in [3.8, 4) is 0 Å². The molecule has 2 rings (SSSR count). The summed E-state index contributed by atoms with van der Waals surface area (Å²) in [5, 5.41) is 0.754. The topological polar surface area (TPSA) is 20.7 Å². The maximum Gasteiger partial charge on any atom is 0.177 e. The van der Waals surface area contributed by atoms with Crippen molar-refractivity contribution in [2.24, 2.45) is 0 Å². The standard InChI is InChI=1S/C10H8ClN2S/c11-9-4-2-1-3-8(9)7-13-6-5-12-10(13)14/h1-5H,7H2,(H,12,14). The highest BCUT2D eigenvalue weighted by atomic mass is 35.5. The first-order valence-corrected chi connectivity index (χ1v) is 4.95. The van der Waals surface area contributed by atoms with Gasteiger partial charge in [0.2, 0.25) is 0 Å². The van der Waals surface area contributed by atoms with Crippen LogP contribution >= 0.6 is 23.8 Å². The van der Waals surface area contributed by atoms with Crippen molar-refractivity contribution < 1.29 is 0 Å². The van der Waals surface area contributed by atoms with Crippen LogP contribution in [-0.2, 0) is 6.54 Å². The van der Waals surface area contributed by atoms with E-state index in [1.165, 1.54) is 0 Å². The fourth-order valence-electron chi connectivity index (χ4n) is 1.22. The second-order valence-corrected chi connectivity index (χ2v) is 3.69. The Bertz CT molecular complexity index is 487. The third kappa shape index (κ3) is 1.89. The molecule has 0 amide bonds. The van der Waals surface area contributed by atoms with Crippen molar-refractivity contribution in [3.05, 3.63) is 52.0 Å².